The molecule has 10 nitrogen and oxygen atoms in total. The van der Waals surface area contributed by atoms with Crippen LogP contribution in [0.15, 0.2) is 83.9 Å². The molecule has 5 aromatic rings. The van der Waals surface area contributed by atoms with Crippen LogP contribution in [0.5, 0.6) is 11.5 Å². The van der Waals surface area contributed by atoms with Crippen molar-refractivity contribution in [2.24, 2.45) is 0 Å². The lowest BCUT2D eigenvalue weighted by atomic mass is 10.1. The van der Waals surface area contributed by atoms with Crippen molar-refractivity contribution in [3.05, 3.63) is 107 Å². The maximum Gasteiger partial charge on any atom is 0.267 e. The highest BCUT2D eigenvalue weighted by Gasteiger charge is 2.24. The van der Waals surface area contributed by atoms with Gasteiger partial charge in [0.2, 0.25) is 0 Å². The van der Waals surface area contributed by atoms with Gasteiger partial charge in [0.25, 0.3) is 11.5 Å². The van der Waals surface area contributed by atoms with Crippen molar-refractivity contribution in [2.75, 3.05) is 36.5 Å². The first-order chi connectivity index (χ1) is 22.8. The predicted molar refractivity (Wildman–Crippen MR) is 173 cm³/mol. The Balaban J connectivity index is 1.14. The molecule has 2 unspecified atom stereocenters. The van der Waals surface area contributed by atoms with Crippen molar-refractivity contribution >= 4 is 28.2 Å². The Hall–Kier alpha value is -5.07. The number of ether oxygens (including phenoxy) is 3. The number of fused-ring (bicyclic) bond motifs is 1. The number of rotatable bonds is 7. The lowest BCUT2D eigenvalue weighted by molar-refractivity contribution is -0.0390. The molecule has 1 N–H and O–H groups in total. The minimum absolute atomic E-state index is 0.00421. The monoisotopic (exact) mass is 641 g/mol. The molecule has 0 saturated carbocycles. The Bertz CT molecular complexity index is 1990. The van der Waals surface area contributed by atoms with Crippen LogP contribution < -0.4 is 20.5 Å². The van der Waals surface area contributed by atoms with Crippen LogP contribution in [0.4, 0.5) is 20.2 Å². The Morgan fingerprint density at radius 1 is 1.00 bits per heavy atom. The summed E-state index contributed by atoms with van der Waals surface area (Å²) in [7, 11) is 0. The molecule has 2 atom stereocenters. The van der Waals surface area contributed by atoms with Crippen molar-refractivity contribution < 1.29 is 27.8 Å². The summed E-state index contributed by atoms with van der Waals surface area (Å²) in [5.41, 5.74) is 1.32. The zero-order valence-electron chi connectivity index (χ0n) is 25.7. The van der Waals surface area contributed by atoms with Crippen LogP contribution >= 0.6 is 0 Å². The Morgan fingerprint density at radius 2 is 1.85 bits per heavy atom. The molecule has 2 fully saturated rings. The second kappa shape index (κ2) is 13.0. The number of amides is 1. The highest BCUT2D eigenvalue weighted by atomic mass is 19.1. The molecule has 0 radical (unpaired) electrons. The van der Waals surface area contributed by atoms with E-state index in [0.717, 1.165) is 41.9 Å². The molecule has 3 aromatic carbocycles. The van der Waals surface area contributed by atoms with Crippen LogP contribution in [0.3, 0.4) is 0 Å². The van der Waals surface area contributed by atoms with Gasteiger partial charge in [0.05, 0.1) is 23.9 Å². The lowest BCUT2D eigenvalue weighted by Gasteiger charge is -2.33. The molecule has 1 amide bonds. The normalized spacial score (nSPS) is 18.3. The minimum atomic E-state index is -0.715. The molecule has 0 spiro atoms. The summed E-state index contributed by atoms with van der Waals surface area (Å²) in [4.78, 5) is 28.3. The van der Waals surface area contributed by atoms with Crippen molar-refractivity contribution in [1.82, 2.24) is 14.3 Å². The molecule has 12 heteroatoms. The molecule has 2 aliphatic heterocycles. The number of carbonyl (C=O) groups is 1. The molecular weight excluding hydrogens is 608 g/mol. The van der Waals surface area contributed by atoms with Gasteiger partial charge in [0, 0.05) is 54.9 Å². The van der Waals surface area contributed by atoms with Gasteiger partial charge in [-0.3, -0.25) is 14.2 Å². The number of anilines is 2. The van der Waals surface area contributed by atoms with E-state index >= 15 is 4.39 Å². The average molecular weight is 642 g/mol. The van der Waals surface area contributed by atoms with Gasteiger partial charge in [0.15, 0.2) is 17.3 Å². The maximum atomic E-state index is 15.5. The van der Waals surface area contributed by atoms with Gasteiger partial charge in [-0.15, -0.1) is 0 Å². The van der Waals surface area contributed by atoms with Crippen LogP contribution in [0, 0.1) is 11.6 Å². The largest absolute Gasteiger partial charge is 0.452 e. The lowest BCUT2D eigenvalue weighted by Crippen LogP contribution is -2.41. The number of nitrogens with zero attached hydrogens (tertiary/aromatic N) is 4. The fourth-order valence-corrected chi connectivity index (χ4v) is 5.96. The second-order valence-electron chi connectivity index (χ2n) is 11.7. The minimum Gasteiger partial charge on any atom is -0.452 e. The molecular formula is C35H33F2N5O5. The van der Waals surface area contributed by atoms with Crippen LogP contribution in [0.25, 0.3) is 16.6 Å². The van der Waals surface area contributed by atoms with Crippen LogP contribution in [0.1, 0.15) is 42.8 Å². The molecule has 2 aromatic heterocycles. The number of hydrogen-bond acceptors (Lipinski definition) is 7. The number of hydrogen-bond donors (Lipinski definition) is 1. The van der Waals surface area contributed by atoms with Crippen molar-refractivity contribution in [1.29, 1.82) is 0 Å². The summed E-state index contributed by atoms with van der Waals surface area (Å²) in [5, 5.41) is 8.22. The summed E-state index contributed by atoms with van der Waals surface area (Å²) in [5.74, 6) is -1.44. The van der Waals surface area contributed by atoms with Gasteiger partial charge < -0.3 is 24.4 Å². The zero-order chi connectivity index (χ0) is 32.5. The fraction of sp³-hybridized carbons (Fsp3) is 0.286. The van der Waals surface area contributed by atoms with Gasteiger partial charge in [-0.05, 0) is 86.8 Å². The first kappa shape index (κ1) is 30.6. The molecule has 0 aliphatic carbocycles. The van der Waals surface area contributed by atoms with E-state index in [1.54, 1.807) is 0 Å². The highest BCUT2D eigenvalue weighted by Crippen LogP contribution is 2.39. The Labute approximate surface area is 269 Å². The topological polar surface area (TPSA) is 99.9 Å². The van der Waals surface area contributed by atoms with E-state index in [0.29, 0.717) is 37.7 Å². The summed E-state index contributed by atoms with van der Waals surface area (Å²) >= 11 is 0. The summed E-state index contributed by atoms with van der Waals surface area (Å²) < 4.78 is 49.9. The van der Waals surface area contributed by atoms with E-state index in [9.17, 15) is 14.0 Å². The van der Waals surface area contributed by atoms with Crippen molar-refractivity contribution in [2.45, 2.75) is 38.5 Å². The summed E-state index contributed by atoms with van der Waals surface area (Å²) in [6.07, 6.45) is 6.27. The molecule has 242 valence electrons. The molecule has 7 rings (SSSR count). The molecule has 2 saturated heterocycles. The van der Waals surface area contributed by atoms with Gasteiger partial charge in [-0.2, -0.15) is 5.10 Å². The van der Waals surface area contributed by atoms with E-state index in [4.69, 9.17) is 19.3 Å². The molecule has 47 heavy (non-hydrogen) atoms. The third-order valence-electron chi connectivity index (χ3n) is 8.34. The van der Waals surface area contributed by atoms with Crippen molar-refractivity contribution in [3.8, 4) is 17.2 Å². The SMILES string of the molecule is CC1CN(c2cc3nn(C4CCCCO4)cc3cc2Oc2ccc(NC(=O)c3cccn(-c4ccc(F)cc4)c3=O)cc2F)CCO1. The molecule has 0 bridgehead atoms. The highest BCUT2D eigenvalue weighted by molar-refractivity contribution is 6.04. The first-order valence-electron chi connectivity index (χ1n) is 15.6. The summed E-state index contributed by atoms with van der Waals surface area (Å²) in [6.45, 7) is 4.50. The van der Waals surface area contributed by atoms with E-state index in [2.05, 4.69) is 10.2 Å². The van der Waals surface area contributed by atoms with E-state index in [-0.39, 0.29) is 29.3 Å². The van der Waals surface area contributed by atoms with Gasteiger partial charge in [0.1, 0.15) is 17.6 Å². The first-order valence-corrected chi connectivity index (χ1v) is 15.6. The quantitative estimate of drug-likeness (QED) is 0.219. The second-order valence-corrected chi connectivity index (χ2v) is 11.7. The number of morpholine rings is 1. The molecule has 4 heterocycles. The summed E-state index contributed by atoms with van der Waals surface area (Å²) in [6, 6.07) is 16.1. The molecule has 2 aliphatic rings. The zero-order valence-corrected chi connectivity index (χ0v) is 25.7. The average Bonchev–Trinajstić information content (AvgIpc) is 3.50. The van der Waals surface area contributed by atoms with Crippen LogP contribution in [-0.4, -0.2) is 52.7 Å². The Morgan fingerprint density at radius 3 is 2.62 bits per heavy atom. The van der Waals surface area contributed by atoms with Gasteiger partial charge >= 0.3 is 0 Å². The smallest absolute Gasteiger partial charge is 0.267 e. The number of carbonyl (C=O) groups excluding carboxylic acids is 1. The van der Waals surface area contributed by atoms with Gasteiger partial charge in [-0.25, -0.2) is 13.5 Å². The number of nitrogens with one attached hydrogen (secondary N) is 1. The number of pyridine rings is 1. The van der Waals surface area contributed by atoms with Crippen molar-refractivity contribution in [3.63, 3.8) is 0 Å². The fourth-order valence-electron chi connectivity index (χ4n) is 5.96. The number of benzene rings is 3. The van der Waals surface area contributed by atoms with E-state index in [1.165, 1.54) is 59.3 Å². The predicted octanol–water partition coefficient (Wildman–Crippen LogP) is 6.43. The third-order valence-corrected chi connectivity index (χ3v) is 8.34. The van der Waals surface area contributed by atoms with E-state index in [1.807, 2.05) is 29.9 Å². The number of aromatic nitrogens is 3. The maximum absolute atomic E-state index is 15.5. The Kier molecular flexibility index (Phi) is 8.44. The number of halogens is 2. The van der Waals surface area contributed by atoms with Crippen LogP contribution in [-0.2, 0) is 9.47 Å². The standard InChI is InChI=1S/C35H33F2N5O5/c1-22-20-40(14-16-45-22)30-19-29-23(21-42(39-29)33-6-2-3-15-46-33)17-32(30)47-31-12-9-25(18-28(31)37)38-34(43)27-5-4-13-41(35(27)44)26-10-7-24(36)8-11-26/h4-5,7-13,17-19,21-22,33H,2-3,6,14-16,20H2,1H3,(H,38,43). The van der Waals surface area contributed by atoms with E-state index < -0.39 is 23.1 Å². The third kappa shape index (κ3) is 6.47. The van der Waals surface area contributed by atoms with Crippen LogP contribution in [0.2, 0.25) is 0 Å². The van der Waals surface area contributed by atoms with Gasteiger partial charge in [-0.1, -0.05) is 0 Å².